The summed E-state index contributed by atoms with van der Waals surface area (Å²) in [4.78, 5) is 9.19. The molecule has 0 amide bonds. The van der Waals surface area contributed by atoms with Gasteiger partial charge in [0, 0.05) is 69.9 Å². The van der Waals surface area contributed by atoms with E-state index in [1.54, 1.807) is 10.7 Å². The first-order valence-corrected chi connectivity index (χ1v) is 8.79. The zero-order chi connectivity index (χ0) is 16.4. The molecule has 130 valence electrons. The van der Waals surface area contributed by atoms with E-state index in [0.29, 0.717) is 12.6 Å². The molecular formula is C17H25N5O2. The van der Waals surface area contributed by atoms with Crippen molar-refractivity contribution >= 4 is 5.65 Å². The van der Waals surface area contributed by atoms with Crippen LogP contribution in [0.25, 0.3) is 5.65 Å². The predicted molar refractivity (Wildman–Crippen MR) is 89.7 cm³/mol. The van der Waals surface area contributed by atoms with Gasteiger partial charge in [0.15, 0.2) is 5.65 Å². The highest BCUT2D eigenvalue weighted by Crippen LogP contribution is 2.18. The van der Waals surface area contributed by atoms with Crippen molar-refractivity contribution in [1.29, 1.82) is 0 Å². The summed E-state index contributed by atoms with van der Waals surface area (Å²) in [5.74, 6) is 0. The summed E-state index contributed by atoms with van der Waals surface area (Å²) in [6.45, 7) is 5.87. The summed E-state index contributed by atoms with van der Waals surface area (Å²) in [6.07, 6.45) is 7.43. The average molecular weight is 331 g/mol. The molecule has 7 heteroatoms. The fourth-order valence-electron chi connectivity index (χ4n) is 3.83. The maximum Gasteiger partial charge on any atom is 0.159 e. The van der Waals surface area contributed by atoms with Crippen molar-refractivity contribution in [3.05, 3.63) is 30.2 Å². The molecule has 2 aromatic rings. The minimum absolute atomic E-state index is 0.315. The smallest absolute Gasteiger partial charge is 0.159 e. The number of hydrogen-bond donors (Lipinski definition) is 1. The van der Waals surface area contributed by atoms with Gasteiger partial charge >= 0.3 is 0 Å². The Balaban J connectivity index is 1.43. The molecule has 2 aliphatic rings. The molecule has 0 saturated carbocycles. The minimum Gasteiger partial charge on any atom is -0.390 e. The van der Waals surface area contributed by atoms with E-state index in [0.717, 1.165) is 63.4 Å². The molecule has 0 aromatic carbocycles. The van der Waals surface area contributed by atoms with Crippen LogP contribution in [-0.4, -0.2) is 81.0 Å². The van der Waals surface area contributed by atoms with Gasteiger partial charge in [0.2, 0.25) is 0 Å². The summed E-state index contributed by atoms with van der Waals surface area (Å²) >= 11 is 0. The van der Waals surface area contributed by atoms with E-state index < -0.39 is 0 Å². The van der Waals surface area contributed by atoms with Gasteiger partial charge in [-0.25, -0.2) is 9.50 Å². The van der Waals surface area contributed by atoms with Gasteiger partial charge in [-0.2, -0.15) is 5.10 Å². The number of rotatable bonds is 3. The van der Waals surface area contributed by atoms with Crippen molar-refractivity contribution in [2.75, 3.05) is 39.4 Å². The van der Waals surface area contributed by atoms with Gasteiger partial charge in [0.25, 0.3) is 0 Å². The molecule has 2 aliphatic heterocycles. The Kier molecular flexibility index (Phi) is 4.75. The van der Waals surface area contributed by atoms with Crippen LogP contribution in [0.1, 0.15) is 18.4 Å². The average Bonchev–Trinajstić information content (AvgIpc) is 2.92. The lowest BCUT2D eigenvalue weighted by atomic mass is 10.1. The van der Waals surface area contributed by atoms with Crippen LogP contribution in [0.3, 0.4) is 0 Å². The maximum absolute atomic E-state index is 10.5. The normalized spacial score (nSPS) is 25.1. The van der Waals surface area contributed by atoms with Gasteiger partial charge in [-0.3, -0.25) is 9.80 Å². The second-order valence-electron chi connectivity index (χ2n) is 6.79. The molecule has 0 radical (unpaired) electrons. The topological polar surface area (TPSA) is 66.1 Å². The quantitative estimate of drug-likeness (QED) is 0.878. The fourth-order valence-corrected chi connectivity index (χ4v) is 3.83. The third-order valence-corrected chi connectivity index (χ3v) is 5.07. The predicted octanol–water partition coefficient (Wildman–Crippen LogP) is 0.387. The number of aromatic nitrogens is 3. The van der Waals surface area contributed by atoms with Crippen LogP contribution < -0.4 is 0 Å². The zero-order valence-corrected chi connectivity index (χ0v) is 13.9. The molecule has 0 bridgehead atoms. The number of ether oxygens (including phenoxy) is 1. The Hall–Kier alpha value is -1.54. The first kappa shape index (κ1) is 16.0. The minimum atomic E-state index is -0.315. The zero-order valence-electron chi connectivity index (χ0n) is 13.9. The van der Waals surface area contributed by atoms with Crippen LogP contribution in [0, 0.1) is 0 Å². The van der Waals surface area contributed by atoms with Crippen LogP contribution in [0.5, 0.6) is 0 Å². The number of hydrogen-bond acceptors (Lipinski definition) is 6. The van der Waals surface area contributed by atoms with Gasteiger partial charge in [0.05, 0.1) is 12.3 Å². The van der Waals surface area contributed by atoms with Gasteiger partial charge < -0.3 is 9.84 Å². The highest BCUT2D eigenvalue weighted by Gasteiger charge is 2.28. The monoisotopic (exact) mass is 331 g/mol. The molecule has 1 N–H and O–H groups in total. The third-order valence-electron chi connectivity index (χ3n) is 5.07. The Morgan fingerprint density at radius 1 is 1.21 bits per heavy atom. The highest BCUT2D eigenvalue weighted by molar-refractivity contribution is 5.45. The van der Waals surface area contributed by atoms with Gasteiger partial charge in [-0.05, 0) is 18.9 Å². The van der Waals surface area contributed by atoms with Crippen molar-refractivity contribution in [2.24, 2.45) is 0 Å². The summed E-state index contributed by atoms with van der Waals surface area (Å²) in [5, 5.41) is 14.8. The van der Waals surface area contributed by atoms with E-state index >= 15 is 0 Å². The number of β-amino-alcohol motifs (C(OH)–C–C–N with tert-alkyl or cyclic N) is 1. The number of aliphatic hydroxyl groups is 1. The molecule has 24 heavy (non-hydrogen) atoms. The van der Waals surface area contributed by atoms with E-state index in [1.165, 1.54) is 0 Å². The van der Waals surface area contributed by atoms with Crippen LogP contribution in [0.2, 0.25) is 0 Å². The standard InChI is InChI=1S/C17H25N5O2/c23-16-12-20(6-7-21(13-16)15-2-8-24-9-3-15)11-14-10-19-22-5-1-4-18-17(14)22/h1,4-5,10,15-16,23H,2-3,6-9,11-13H2/t16-/m1/s1. The number of fused-ring (bicyclic) bond motifs is 1. The second-order valence-corrected chi connectivity index (χ2v) is 6.79. The molecule has 4 heterocycles. The Morgan fingerprint density at radius 3 is 2.96 bits per heavy atom. The number of nitrogens with zero attached hydrogens (tertiary/aromatic N) is 5. The summed E-state index contributed by atoms with van der Waals surface area (Å²) in [5.41, 5.74) is 2.01. The van der Waals surface area contributed by atoms with E-state index in [2.05, 4.69) is 19.9 Å². The van der Waals surface area contributed by atoms with Crippen LogP contribution in [-0.2, 0) is 11.3 Å². The Bertz CT molecular complexity index is 670. The lowest BCUT2D eigenvalue weighted by molar-refractivity contribution is 0.0217. The molecule has 0 unspecified atom stereocenters. The van der Waals surface area contributed by atoms with Crippen molar-refractivity contribution in [3.8, 4) is 0 Å². The van der Waals surface area contributed by atoms with E-state index in [9.17, 15) is 5.11 Å². The lowest BCUT2D eigenvalue weighted by Crippen LogP contribution is -2.43. The van der Waals surface area contributed by atoms with E-state index in [-0.39, 0.29) is 6.10 Å². The molecule has 1 atom stereocenters. The summed E-state index contributed by atoms with van der Waals surface area (Å²) < 4.78 is 7.27. The largest absolute Gasteiger partial charge is 0.390 e. The van der Waals surface area contributed by atoms with Gasteiger partial charge in [0.1, 0.15) is 0 Å². The Morgan fingerprint density at radius 2 is 2.08 bits per heavy atom. The molecule has 2 saturated heterocycles. The second kappa shape index (κ2) is 7.14. The van der Waals surface area contributed by atoms with E-state index in [1.807, 2.05) is 18.5 Å². The SMILES string of the molecule is O[C@@H]1CN(Cc2cnn3cccnc23)CCN(C2CCOCC2)C1. The van der Waals surface area contributed by atoms with Crippen LogP contribution >= 0.6 is 0 Å². The molecule has 0 aliphatic carbocycles. The molecule has 4 rings (SSSR count). The van der Waals surface area contributed by atoms with Crippen LogP contribution in [0.4, 0.5) is 0 Å². The lowest BCUT2D eigenvalue weighted by Gasteiger charge is -2.33. The first-order valence-electron chi connectivity index (χ1n) is 8.79. The molecular weight excluding hydrogens is 306 g/mol. The highest BCUT2D eigenvalue weighted by atomic mass is 16.5. The maximum atomic E-state index is 10.5. The van der Waals surface area contributed by atoms with Crippen LogP contribution in [0.15, 0.2) is 24.7 Å². The van der Waals surface area contributed by atoms with Crippen molar-refractivity contribution < 1.29 is 9.84 Å². The molecule has 2 fully saturated rings. The Labute approximate surface area is 141 Å². The molecule has 2 aromatic heterocycles. The van der Waals surface area contributed by atoms with Crippen molar-refractivity contribution in [2.45, 2.75) is 31.5 Å². The molecule has 0 spiro atoms. The first-order chi connectivity index (χ1) is 11.8. The van der Waals surface area contributed by atoms with Crippen molar-refractivity contribution in [1.82, 2.24) is 24.4 Å². The summed E-state index contributed by atoms with van der Waals surface area (Å²) in [6, 6.07) is 2.43. The van der Waals surface area contributed by atoms with E-state index in [4.69, 9.17) is 4.74 Å². The fraction of sp³-hybridized carbons (Fsp3) is 0.647. The third kappa shape index (κ3) is 3.44. The van der Waals surface area contributed by atoms with Crippen molar-refractivity contribution in [3.63, 3.8) is 0 Å². The van der Waals surface area contributed by atoms with Gasteiger partial charge in [-0.15, -0.1) is 0 Å². The molecule has 7 nitrogen and oxygen atoms in total. The summed E-state index contributed by atoms with van der Waals surface area (Å²) in [7, 11) is 0. The van der Waals surface area contributed by atoms with Gasteiger partial charge in [-0.1, -0.05) is 0 Å². The number of aliphatic hydroxyl groups excluding tert-OH is 1.